The summed E-state index contributed by atoms with van der Waals surface area (Å²) in [6.45, 7) is 16.0. The average Bonchev–Trinajstić information content (AvgIpc) is 3.48. The van der Waals surface area contributed by atoms with Gasteiger partial charge in [0.2, 0.25) is 0 Å². The second-order valence-corrected chi connectivity index (χ2v) is 18.8. The van der Waals surface area contributed by atoms with Gasteiger partial charge < -0.3 is 14.2 Å². The SMILES string of the molecule is COc1ccc([C@]2(CCN(Cc3ccc4nn(C5CC6(CCN(CC(=O)OC(C)(C)C)CC6)C5)cc4c3)CC(C)(C)C(F)(F)F)CCOC(C)(C)C2)cc1. The van der Waals surface area contributed by atoms with Crippen molar-refractivity contribution in [3.8, 4) is 5.75 Å². The van der Waals surface area contributed by atoms with Crippen molar-refractivity contribution in [1.82, 2.24) is 19.6 Å². The van der Waals surface area contributed by atoms with E-state index in [9.17, 15) is 18.0 Å². The lowest BCUT2D eigenvalue weighted by atomic mass is 9.60. The van der Waals surface area contributed by atoms with Gasteiger partial charge in [-0.3, -0.25) is 19.3 Å². The number of carbonyl (C=O) groups is 1. The quantitative estimate of drug-likeness (QED) is 0.171. The van der Waals surface area contributed by atoms with Crippen LogP contribution < -0.4 is 4.74 Å². The fourth-order valence-electron chi connectivity index (χ4n) is 9.18. The van der Waals surface area contributed by atoms with E-state index in [-0.39, 0.29) is 28.9 Å². The number of hydrogen-bond acceptors (Lipinski definition) is 7. The largest absolute Gasteiger partial charge is 0.497 e. The molecule has 1 aliphatic carbocycles. The summed E-state index contributed by atoms with van der Waals surface area (Å²) in [5.41, 5.74) is 0.394. The zero-order valence-electron chi connectivity index (χ0n) is 33.7. The van der Waals surface area contributed by atoms with Crippen LogP contribution in [0.3, 0.4) is 0 Å². The maximum Gasteiger partial charge on any atom is 0.395 e. The van der Waals surface area contributed by atoms with Gasteiger partial charge in [-0.15, -0.1) is 0 Å². The van der Waals surface area contributed by atoms with Crippen LogP contribution in [0.2, 0.25) is 0 Å². The molecule has 0 radical (unpaired) electrons. The molecule has 3 aliphatic rings. The zero-order valence-corrected chi connectivity index (χ0v) is 33.7. The Labute approximate surface area is 319 Å². The molecule has 1 atom stereocenters. The Balaban J connectivity index is 1.14. The molecule has 6 rings (SSSR count). The number of ether oxygens (including phenoxy) is 3. The Morgan fingerprint density at radius 3 is 2.30 bits per heavy atom. The number of hydrogen-bond donors (Lipinski definition) is 0. The van der Waals surface area contributed by atoms with Crippen LogP contribution in [0.15, 0.2) is 48.7 Å². The third-order valence-corrected chi connectivity index (χ3v) is 12.2. The number of piperidine rings is 1. The molecule has 54 heavy (non-hydrogen) atoms. The highest BCUT2D eigenvalue weighted by Crippen LogP contribution is 2.55. The maximum absolute atomic E-state index is 14.3. The summed E-state index contributed by atoms with van der Waals surface area (Å²) in [5, 5.41) is 5.95. The monoisotopic (exact) mass is 754 g/mol. The zero-order chi connectivity index (χ0) is 39.2. The van der Waals surface area contributed by atoms with Gasteiger partial charge in [-0.1, -0.05) is 18.2 Å². The number of benzene rings is 2. The van der Waals surface area contributed by atoms with Gasteiger partial charge in [-0.25, -0.2) is 0 Å². The predicted octanol–water partition coefficient (Wildman–Crippen LogP) is 9.11. The third kappa shape index (κ3) is 9.44. The highest BCUT2D eigenvalue weighted by atomic mass is 19.4. The molecule has 298 valence electrons. The first-order valence-corrected chi connectivity index (χ1v) is 19.7. The minimum atomic E-state index is -4.33. The minimum Gasteiger partial charge on any atom is -0.497 e. The molecule has 2 aromatic carbocycles. The first-order chi connectivity index (χ1) is 25.2. The fraction of sp³-hybridized carbons (Fsp3) is 0.674. The Hall–Kier alpha value is -3.15. The van der Waals surface area contributed by atoms with Crippen LogP contribution in [0.4, 0.5) is 13.2 Å². The van der Waals surface area contributed by atoms with Crippen molar-refractivity contribution in [1.29, 1.82) is 0 Å². The smallest absolute Gasteiger partial charge is 0.395 e. The van der Waals surface area contributed by atoms with E-state index in [0.717, 1.165) is 73.8 Å². The van der Waals surface area contributed by atoms with E-state index in [4.69, 9.17) is 19.3 Å². The predicted molar refractivity (Wildman–Crippen MR) is 206 cm³/mol. The molecule has 2 aliphatic heterocycles. The van der Waals surface area contributed by atoms with Gasteiger partial charge in [0.05, 0.1) is 36.2 Å². The van der Waals surface area contributed by atoms with Gasteiger partial charge in [0.25, 0.3) is 0 Å². The molecule has 3 fully saturated rings. The summed E-state index contributed by atoms with van der Waals surface area (Å²) >= 11 is 0. The summed E-state index contributed by atoms with van der Waals surface area (Å²) in [7, 11) is 1.65. The highest BCUT2D eigenvalue weighted by molar-refractivity contribution is 5.78. The number of carbonyl (C=O) groups excluding carboxylic acids is 1. The van der Waals surface area contributed by atoms with Crippen LogP contribution in [0.25, 0.3) is 10.9 Å². The van der Waals surface area contributed by atoms with Gasteiger partial charge >= 0.3 is 12.1 Å². The lowest BCUT2D eigenvalue weighted by molar-refractivity contribution is -0.217. The van der Waals surface area contributed by atoms with Crippen LogP contribution in [0, 0.1) is 10.8 Å². The Bertz CT molecular complexity index is 1750. The van der Waals surface area contributed by atoms with Gasteiger partial charge in [0.1, 0.15) is 11.4 Å². The number of aromatic nitrogens is 2. The maximum atomic E-state index is 14.3. The Kier molecular flexibility index (Phi) is 11.3. The van der Waals surface area contributed by atoms with Crippen molar-refractivity contribution >= 4 is 16.9 Å². The van der Waals surface area contributed by atoms with Crippen molar-refractivity contribution in [3.05, 3.63) is 59.8 Å². The summed E-state index contributed by atoms with van der Waals surface area (Å²) in [6.07, 6.45) is 4.32. The summed E-state index contributed by atoms with van der Waals surface area (Å²) < 4.78 is 62.2. The van der Waals surface area contributed by atoms with Crippen LogP contribution in [-0.2, 0) is 26.2 Å². The molecule has 11 heteroatoms. The molecule has 0 N–H and O–H groups in total. The summed E-state index contributed by atoms with van der Waals surface area (Å²) in [4.78, 5) is 16.6. The van der Waals surface area contributed by atoms with Crippen LogP contribution >= 0.6 is 0 Å². The van der Waals surface area contributed by atoms with E-state index in [0.29, 0.717) is 38.7 Å². The van der Waals surface area contributed by atoms with Gasteiger partial charge in [-0.05, 0) is 154 Å². The molecule has 3 heterocycles. The van der Waals surface area contributed by atoms with E-state index >= 15 is 0 Å². The van der Waals surface area contributed by atoms with Crippen molar-refractivity contribution < 1.29 is 32.2 Å². The second-order valence-electron chi connectivity index (χ2n) is 18.8. The number of halogens is 3. The molecule has 2 saturated heterocycles. The minimum absolute atomic E-state index is 0.105. The fourth-order valence-corrected chi connectivity index (χ4v) is 9.18. The van der Waals surface area contributed by atoms with Gasteiger partial charge in [-0.2, -0.15) is 18.3 Å². The lowest BCUT2D eigenvalue weighted by Gasteiger charge is -2.52. The number of likely N-dealkylation sites (tertiary alicyclic amines) is 1. The molecule has 0 amide bonds. The normalized spacial score (nSPS) is 22.4. The van der Waals surface area contributed by atoms with E-state index < -0.39 is 17.2 Å². The molecule has 1 aromatic heterocycles. The highest BCUT2D eigenvalue weighted by Gasteiger charge is 2.49. The standard InChI is InChI=1S/C43H61F3N4O4/c1-38(2,3)54-37(51)28-48-19-15-41(16-20-48)24-34(25-41)50-27-32-23-31(9-14-36(32)47-50)26-49(30-39(4,5)43(44,45)46)21-17-42(18-22-53-40(6,7)29-42)33-10-12-35(52-8)13-11-33/h9-14,23,27,34H,15-22,24-26,28-30H2,1-8H3/t42-/m1/s1. The van der Waals surface area contributed by atoms with Crippen molar-refractivity contribution in [2.45, 2.75) is 129 Å². The second kappa shape index (κ2) is 15.1. The van der Waals surface area contributed by atoms with E-state index in [1.165, 1.54) is 19.4 Å². The van der Waals surface area contributed by atoms with Crippen LogP contribution in [0.5, 0.6) is 5.75 Å². The molecule has 8 nitrogen and oxygen atoms in total. The molecular formula is C43H61F3N4O4. The molecule has 3 aromatic rings. The molecule has 0 bridgehead atoms. The number of alkyl halides is 3. The van der Waals surface area contributed by atoms with Crippen LogP contribution in [0.1, 0.15) is 111 Å². The van der Waals surface area contributed by atoms with E-state index in [1.807, 2.05) is 49.9 Å². The summed E-state index contributed by atoms with van der Waals surface area (Å²) in [5.74, 6) is 0.613. The van der Waals surface area contributed by atoms with E-state index in [1.54, 1.807) is 7.11 Å². The first kappa shape index (κ1) is 40.5. The lowest BCUT2D eigenvalue weighted by Crippen LogP contribution is -2.49. The Morgan fingerprint density at radius 1 is 1.00 bits per heavy atom. The Morgan fingerprint density at radius 2 is 1.69 bits per heavy atom. The number of nitrogens with zero attached hydrogens (tertiary/aromatic N) is 4. The van der Waals surface area contributed by atoms with Crippen LogP contribution in [-0.4, -0.2) is 89.4 Å². The average molecular weight is 755 g/mol. The molecular weight excluding hydrogens is 693 g/mol. The van der Waals surface area contributed by atoms with Crippen molar-refractivity contribution in [3.63, 3.8) is 0 Å². The van der Waals surface area contributed by atoms with Crippen molar-refractivity contribution in [2.24, 2.45) is 10.8 Å². The first-order valence-electron chi connectivity index (χ1n) is 19.7. The molecule has 0 unspecified atom stereocenters. The van der Waals surface area contributed by atoms with Gasteiger partial charge in [0.15, 0.2) is 0 Å². The number of methoxy groups -OCH3 is 1. The number of fused-ring (bicyclic) bond motifs is 1. The molecule has 1 spiro atoms. The third-order valence-electron chi connectivity index (χ3n) is 12.2. The number of esters is 1. The summed E-state index contributed by atoms with van der Waals surface area (Å²) in [6, 6.07) is 14.6. The van der Waals surface area contributed by atoms with E-state index in [2.05, 4.69) is 47.8 Å². The van der Waals surface area contributed by atoms with Gasteiger partial charge in [0, 0.05) is 36.7 Å². The van der Waals surface area contributed by atoms with Crippen molar-refractivity contribution in [2.75, 3.05) is 46.4 Å². The number of rotatable bonds is 12. The topological polar surface area (TPSA) is 69.1 Å². The molecule has 1 saturated carbocycles.